The number of hydrogen-bond acceptors (Lipinski definition) is 4. The van der Waals surface area contributed by atoms with Gasteiger partial charge in [0.05, 0.1) is 7.11 Å². The Hall–Kier alpha value is -2.75. The van der Waals surface area contributed by atoms with Crippen LogP contribution in [0.2, 0.25) is 0 Å². The number of aromatic nitrogens is 3. The predicted molar refractivity (Wildman–Crippen MR) is 92.4 cm³/mol. The van der Waals surface area contributed by atoms with Crippen LogP contribution in [0.1, 0.15) is 25.2 Å². The molecule has 0 amide bonds. The second-order valence-corrected chi connectivity index (χ2v) is 4.59. The zero-order valence-corrected chi connectivity index (χ0v) is 13.7. The third-order valence-electron chi connectivity index (χ3n) is 3.08. The van der Waals surface area contributed by atoms with E-state index in [1.54, 1.807) is 7.11 Å². The van der Waals surface area contributed by atoms with Gasteiger partial charge in [-0.1, -0.05) is 74.5 Å². The molecule has 3 aromatic rings. The first-order valence-corrected chi connectivity index (χ1v) is 7.73. The minimum atomic E-state index is 0.342. The van der Waals surface area contributed by atoms with Gasteiger partial charge >= 0.3 is 6.01 Å². The van der Waals surface area contributed by atoms with Crippen molar-refractivity contribution in [2.24, 2.45) is 0 Å². The van der Waals surface area contributed by atoms with Crippen LogP contribution in [0, 0.1) is 0 Å². The Kier molecular flexibility index (Phi) is 6.24. The molecule has 23 heavy (non-hydrogen) atoms. The van der Waals surface area contributed by atoms with Gasteiger partial charge in [0.1, 0.15) is 5.82 Å². The van der Waals surface area contributed by atoms with Gasteiger partial charge in [0.2, 0.25) is 0 Å². The molecule has 0 saturated carbocycles. The summed E-state index contributed by atoms with van der Waals surface area (Å²) in [5.41, 5.74) is 2.11. The van der Waals surface area contributed by atoms with E-state index in [0.29, 0.717) is 24.1 Å². The van der Waals surface area contributed by atoms with E-state index in [9.17, 15) is 0 Å². The van der Waals surface area contributed by atoms with Gasteiger partial charge in [-0.3, -0.25) is 0 Å². The minimum Gasteiger partial charge on any atom is -0.467 e. The van der Waals surface area contributed by atoms with Crippen LogP contribution >= 0.6 is 0 Å². The molecule has 4 nitrogen and oxygen atoms in total. The molecule has 0 atom stereocenters. The normalized spacial score (nSPS) is 9.70. The molecule has 4 heteroatoms. The molecule has 0 spiro atoms. The van der Waals surface area contributed by atoms with Gasteiger partial charge in [-0.15, -0.1) is 0 Å². The summed E-state index contributed by atoms with van der Waals surface area (Å²) >= 11 is 0. The SMILES string of the molecule is CC.COc1nc(Cc2ccccc2)nc(-c2ccccc2)n1. The van der Waals surface area contributed by atoms with Crippen molar-refractivity contribution in [3.05, 3.63) is 72.1 Å². The molecular formula is C19H21N3O. The lowest BCUT2D eigenvalue weighted by Gasteiger charge is -2.06. The maximum Gasteiger partial charge on any atom is 0.319 e. The minimum absolute atomic E-state index is 0.342. The highest BCUT2D eigenvalue weighted by Gasteiger charge is 2.09. The molecule has 1 heterocycles. The predicted octanol–water partition coefficient (Wildman–Crippen LogP) is 4.16. The first-order chi connectivity index (χ1) is 11.3. The first-order valence-electron chi connectivity index (χ1n) is 7.73. The summed E-state index contributed by atoms with van der Waals surface area (Å²) in [7, 11) is 1.57. The molecule has 3 rings (SSSR count). The van der Waals surface area contributed by atoms with E-state index in [1.807, 2.05) is 62.4 Å². The van der Waals surface area contributed by atoms with E-state index in [4.69, 9.17) is 4.74 Å². The van der Waals surface area contributed by atoms with Crippen LogP contribution in [0.4, 0.5) is 0 Å². The number of methoxy groups -OCH3 is 1. The van der Waals surface area contributed by atoms with E-state index in [0.717, 1.165) is 11.1 Å². The van der Waals surface area contributed by atoms with Gasteiger partial charge < -0.3 is 4.74 Å². The van der Waals surface area contributed by atoms with Gasteiger partial charge in [-0.2, -0.15) is 9.97 Å². The van der Waals surface area contributed by atoms with Crippen molar-refractivity contribution < 1.29 is 4.74 Å². The van der Waals surface area contributed by atoms with E-state index < -0.39 is 0 Å². The third-order valence-corrected chi connectivity index (χ3v) is 3.08. The number of rotatable bonds is 4. The van der Waals surface area contributed by atoms with Crippen molar-refractivity contribution in [1.29, 1.82) is 0 Å². The lowest BCUT2D eigenvalue weighted by molar-refractivity contribution is 0.376. The molecule has 1 aromatic heterocycles. The lowest BCUT2D eigenvalue weighted by atomic mass is 10.1. The van der Waals surface area contributed by atoms with Gasteiger partial charge in [0, 0.05) is 12.0 Å². The Labute approximate surface area is 137 Å². The Morgan fingerprint density at radius 1 is 0.783 bits per heavy atom. The highest BCUT2D eigenvalue weighted by molar-refractivity contribution is 5.54. The van der Waals surface area contributed by atoms with Gasteiger partial charge in [-0.05, 0) is 5.56 Å². The molecule has 0 aliphatic heterocycles. The van der Waals surface area contributed by atoms with Gasteiger partial charge in [-0.25, -0.2) is 4.98 Å². The summed E-state index contributed by atoms with van der Waals surface area (Å²) in [4.78, 5) is 13.2. The van der Waals surface area contributed by atoms with Crippen molar-refractivity contribution in [2.45, 2.75) is 20.3 Å². The summed E-state index contributed by atoms with van der Waals surface area (Å²) in [6.45, 7) is 4.00. The average Bonchev–Trinajstić information content (AvgIpc) is 2.64. The fraction of sp³-hybridized carbons (Fsp3) is 0.211. The fourth-order valence-corrected chi connectivity index (χ4v) is 2.06. The largest absolute Gasteiger partial charge is 0.467 e. The molecule has 0 bridgehead atoms. The maximum atomic E-state index is 5.19. The molecule has 0 N–H and O–H groups in total. The molecule has 0 fully saturated rings. The van der Waals surface area contributed by atoms with E-state index in [-0.39, 0.29) is 0 Å². The highest BCUT2D eigenvalue weighted by atomic mass is 16.5. The summed E-state index contributed by atoms with van der Waals surface area (Å²) in [6, 6.07) is 20.3. The van der Waals surface area contributed by atoms with Crippen molar-refractivity contribution >= 4 is 0 Å². The van der Waals surface area contributed by atoms with Crippen LogP contribution in [-0.2, 0) is 6.42 Å². The molecule has 0 aliphatic rings. The van der Waals surface area contributed by atoms with Crippen LogP contribution in [0.15, 0.2) is 60.7 Å². The smallest absolute Gasteiger partial charge is 0.319 e. The summed E-state index contributed by atoms with van der Waals surface area (Å²) in [6.07, 6.45) is 0.652. The zero-order valence-electron chi connectivity index (χ0n) is 13.7. The second-order valence-electron chi connectivity index (χ2n) is 4.59. The van der Waals surface area contributed by atoms with Crippen LogP contribution in [0.5, 0.6) is 6.01 Å². The Morgan fingerprint density at radius 3 is 2.00 bits per heavy atom. The number of benzene rings is 2. The first kappa shape index (κ1) is 16.6. The Bertz CT molecular complexity index is 715. The summed E-state index contributed by atoms with van der Waals surface area (Å²) in [5.74, 6) is 1.33. The quantitative estimate of drug-likeness (QED) is 0.726. The van der Waals surface area contributed by atoms with Crippen LogP contribution < -0.4 is 4.74 Å². The lowest BCUT2D eigenvalue weighted by Crippen LogP contribution is -2.04. The zero-order chi connectivity index (χ0) is 16.5. The molecule has 0 unspecified atom stereocenters. The number of hydrogen-bond donors (Lipinski definition) is 0. The summed E-state index contributed by atoms with van der Waals surface area (Å²) < 4.78 is 5.19. The van der Waals surface area contributed by atoms with Gasteiger partial charge in [0.25, 0.3) is 0 Å². The number of ether oxygens (including phenoxy) is 1. The topological polar surface area (TPSA) is 47.9 Å². The molecular weight excluding hydrogens is 286 g/mol. The summed E-state index contributed by atoms with van der Waals surface area (Å²) in [5, 5.41) is 0. The van der Waals surface area contributed by atoms with Crippen molar-refractivity contribution in [1.82, 2.24) is 15.0 Å². The molecule has 0 radical (unpaired) electrons. The Morgan fingerprint density at radius 2 is 1.39 bits per heavy atom. The molecule has 0 saturated heterocycles. The Balaban J connectivity index is 0.000000924. The monoisotopic (exact) mass is 307 g/mol. The second kappa shape index (κ2) is 8.63. The fourth-order valence-electron chi connectivity index (χ4n) is 2.06. The van der Waals surface area contributed by atoms with Crippen molar-refractivity contribution in [3.63, 3.8) is 0 Å². The standard InChI is InChI=1S/C17H15N3O.C2H6/c1-21-17-19-15(12-13-8-4-2-5-9-13)18-16(20-17)14-10-6-3-7-11-14;1-2/h2-11H,12H2,1H3;1-2H3. The average molecular weight is 307 g/mol. The van der Waals surface area contributed by atoms with Crippen LogP contribution in [0.25, 0.3) is 11.4 Å². The third kappa shape index (κ3) is 4.61. The van der Waals surface area contributed by atoms with E-state index in [2.05, 4.69) is 27.1 Å². The molecule has 118 valence electrons. The van der Waals surface area contributed by atoms with Crippen molar-refractivity contribution in [3.8, 4) is 17.4 Å². The molecule has 0 aliphatic carbocycles. The van der Waals surface area contributed by atoms with E-state index >= 15 is 0 Å². The molecule has 2 aromatic carbocycles. The van der Waals surface area contributed by atoms with Crippen molar-refractivity contribution in [2.75, 3.05) is 7.11 Å². The number of nitrogens with zero attached hydrogens (tertiary/aromatic N) is 3. The van der Waals surface area contributed by atoms with Crippen LogP contribution in [-0.4, -0.2) is 22.1 Å². The van der Waals surface area contributed by atoms with Crippen LogP contribution in [0.3, 0.4) is 0 Å². The van der Waals surface area contributed by atoms with E-state index in [1.165, 1.54) is 0 Å². The van der Waals surface area contributed by atoms with Gasteiger partial charge in [0.15, 0.2) is 5.82 Å². The highest BCUT2D eigenvalue weighted by Crippen LogP contribution is 2.17. The maximum absolute atomic E-state index is 5.19.